The molecule has 0 aromatic heterocycles. The maximum Gasteiger partial charge on any atom is 0.0779 e. The lowest BCUT2D eigenvalue weighted by atomic mass is 10.1. The molecule has 0 aliphatic heterocycles. The van der Waals surface area contributed by atoms with Crippen molar-refractivity contribution in [3.8, 4) is 0 Å². The quantitative estimate of drug-likeness (QED) is 0.330. The number of unbranched alkanes of at least 4 members (excludes halogenated alkanes) is 5. The van der Waals surface area contributed by atoms with Crippen molar-refractivity contribution in [3.05, 3.63) is 5.21 Å². The average Bonchev–Trinajstić information content (AvgIpc) is 1.94. The van der Waals surface area contributed by atoms with Crippen molar-refractivity contribution >= 4 is 0 Å². The van der Waals surface area contributed by atoms with Gasteiger partial charge >= 0.3 is 0 Å². The van der Waals surface area contributed by atoms with Crippen molar-refractivity contribution in [3.63, 3.8) is 0 Å². The van der Waals surface area contributed by atoms with E-state index < -0.39 is 0 Å². The van der Waals surface area contributed by atoms with Crippen LogP contribution in [-0.4, -0.2) is 25.3 Å². The second kappa shape index (κ2) is 6.44. The van der Waals surface area contributed by atoms with E-state index in [1.165, 1.54) is 32.1 Å². The molecule has 0 aliphatic carbocycles. The summed E-state index contributed by atoms with van der Waals surface area (Å²) < 4.78 is -0.131. The molecule has 0 bridgehead atoms. The third-order valence-electron chi connectivity index (χ3n) is 2.05. The third-order valence-corrected chi connectivity index (χ3v) is 2.05. The predicted octanol–water partition coefficient (Wildman–Crippen LogP) is 2.92. The largest absolute Gasteiger partial charge is 0.633 e. The first-order valence-corrected chi connectivity index (χ1v) is 5.10. The van der Waals surface area contributed by atoms with Crippen LogP contribution in [0.2, 0.25) is 0 Å². The molecule has 0 aromatic carbocycles. The Hall–Kier alpha value is -0.0800. The van der Waals surface area contributed by atoms with Gasteiger partial charge < -0.3 is 9.85 Å². The Balaban J connectivity index is 3.01. The third kappa shape index (κ3) is 9.92. The summed E-state index contributed by atoms with van der Waals surface area (Å²) in [4.78, 5) is 0. The molecular formula is C10H23NO. The highest BCUT2D eigenvalue weighted by Crippen LogP contribution is 2.06. The number of quaternary nitrogens is 1. The lowest BCUT2D eigenvalue weighted by molar-refractivity contribution is -0.840. The van der Waals surface area contributed by atoms with E-state index in [9.17, 15) is 5.21 Å². The Morgan fingerprint density at radius 1 is 0.917 bits per heavy atom. The van der Waals surface area contributed by atoms with Gasteiger partial charge in [0.1, 0.15) is 0 Å². The van der Waals surface area contributed by atoms with E-state index in [-0.39, 0.29) is 4.65 Å². The van der Waals surface area contributed by atoms with E-state index in [0.717, 1.165) is 13.0 Å². The molecule has 0 radical (unpaired) electrons. The summed E-state index contributed by atoms with van der Waals surface area (Å²) in [7, 11) is 3.43. The van der Waals surface area contributed by atoms with E-state index in [1.807, 2.05) is 0 Å². The standard InChI is InChI=1S/C10H23NO/c1-4-5-6-7-8-9-10-11(2,3)12/h4-10H2,1-3H3. The number of nitrogens with zero attached hydrogens (tertiary/aromatic N) is 1. The molecule has 0 aromatic rings. The first-order valence-electron chi connectivity index (χ1n) is 5.10. The Morgan fingerprint density at radius 2 is 1.42 bits per heavy atom. The second-order valence-electron chi connectivity index (χ2n) is 4.07. The van der Waals surface area contributed by atoms with Gasteiger partial charge in [-0.05, 0) is 12.8 Å². The minimum absolute atomic E-state index is 0.131. The molecule has 0 fully saturated rings. The van der Waals surface area contributed by atoms with Crippen LogP contribution in [0, 0.1) is 5.21 Å². The van der Waals surface area contributed by atoms with Crippen molar-refractivity contribution in [2.45, 2.75) is 45.4 Å². The maximum atomic E-state index is 11.1. The van der Waals surface area contributed by atoms with Crippen molar-refractivity contribution in [2.75, 3.05) is 20.6 Å². The minimum Gasteiger partial charge on any atom is -0.633 e. The van der Waals surface area contributed by atoms with Crippen molar-refractivity contribution < 1.29 is 4.65 Å². The molecule has 0 aliphatic rings. The molecule has 2 nitrogen and oxygen atoms in total. The second-order valence-corrected chi connectivity index (χ2v) is 4.07. The molecule has 12 heavy (non-hydrogen) atoms. The van der Waals surface area contributed by atoms with E-state index in [0.29, 0.717) is 0 Å². The maximum absolute atomic E-state index is 11.1. The summed E-state index contributed by atoms with van der Waals surface area (Å²) in [5.41, 5.74) is 0. The highest BCUT2D eigenvalue weighted by Gasteiger charge is 1.99. The van der Waals surface area contributed by atoms with Crippen LogP contribution in [0.15, 0.2) is 0 Å². The van der Waals surface area contributed by atoms with Gasteiger partial charge in [-0.2, -0.15) is 0 Å². The number of hydroxylamine groups is 3. The van der Waals surface area contributed by atoms with Gasteiger partial charge in [-0.25, -0.2) is 0 Å². The summed E-state index contributed by atoms with van der Waals surface area (Å²) >= 11 is 0. The zero-order valence-electron chi connectivity index (χ0n) is 8.81. The van der Waals surface area contributed by atoms with Crippen molar-refractivity contribution in [2.24, 2.45) is 0 Å². The van der Waals surface area contributed by atoms with E-state index in [2.05, 4.69) is 6.92 Å². The first kappa shape index (κ1) is 11.9. The fraction of sp³-hybridized carbons (Fsp3) is 1.00. The lowest BCUT2D eigenvalue weighted by Crippen LogP contribution is -2.32. The van der Waals surface area contributed by atoms with Gasteiger partial charge in [-0.15, -0.1) is 0 Å². The normalized spacial score (nSPS) is 12.0. The molecule has 2 heteroatoms. The zero-order valence-corrected chi connectivity index (χ0v) is 8.81. The van der Waals surface area contributed by atoms with Crippen molar-refractivity contribution in [1.82, 2.24) is 0 Å². The number of hydrogen-bond acceptors (Lipinski definition) is 1. The lowest BCUT2D eigenvalue weighted by Gasteiger charge is -2.33. The summed E-state index contributed by atoms with van der Waals surface area (Å²) in [5, 5.41) is 11.1. The number of hydrogen-bond donors (Lipinski definition) is 0. The smallest absolute Gasteiger partial charge is 0.0779 e. The molecule has 0 heterocycles. The van der Waals surface area contributed by atoms with Crippen LogP contribution in [-0.2, 0) is 0 Å². The molecule has 0 unspecified atom stereocenters. The highest BCUT2D eigenvalue weighted by molar-refractivity contribution is 4.43. The molecule has 0 saturated heterocycles. The van der Waals surface area contributed by atoms with E-state index >= 15 is 0 Å². The molecule has 74 valence electrons. The van der Waals surface area contributed by atoms with E-state index in [1.54, 1.807) is 14.1 Å². The monoisotopic (exact) mass is 173 g/mol. The van der Waals surface area contributed by atoms with Crippen LogP contribution < -0.4 is 0 Å². The van der Waals surface area contributed by atoms with Gasteiger partial charge in [-0.1, -0.05) is 32.6 Å². The molecule has 0 spiro atoms. The average molecular weight is 173 g/mol. The summed E-state index contributed by atoms with van der Waals surface area (Å²) in [5.74, 6) is 0. The molecule has 0 rings (SSSR count). The van der Waals surface area contributed by atoms with Gasteiger partial charge in [0.25, 0.3) is 0 Å². The summed E-state index contributed by atoms with van der Waals surface area (Å²) in [6.45, 7) is 2.99. The Kier molecular flexibility index (Phi) is 6.39. The first-order chi connectivity index (χ1) is 5.56. The molecule has 0 saturated carbocycles. The van der Waals surface area contributed by atoms with Gasteiger partial charge in [0.05, 0.1) is 20.6 Å². The van der Waals surface area contributed by atoms with Crippen molar-refractivity contribution in [1.29, 1.82) is 0 Å². The predicted molar refractivity (Wildman–Crippen MR) is 53.7 cm³/mol. The molecule has 0 atom stereocenters. The molecular weight excluding hydrogens is 150 g/mol. The van der Waals surface area contributed by atoms with Crippen LogP contribution in [0.5, 0.6) is 0 Å². The Bertz CT molecular complexity index is 96.5. The van der Waals surface area contributed by atoms with Crippen LogP contribution in [0.1, 0.15) is 45.4 Å². The Morgan fingerprint density at radius 3 is 1.92 bits per heavy atom. The molecule has 0 amide bonds. The SMILES string of the molecule is CCCCCCCC[N+](C)(C)[O-]. The zero-order chi connectivity index (χ0) is 9.45. The van der Waals surface area contributed by atoms with Crippen LogP contribution >= 0.6 is 0 Å². The fourth-order valence-electron chi connectivity index (χ4n) is 1.27. The molecule has 0 N–H and O–H groups in total. The number of rotatable bonds is 7. The fourth-order valence-corrected chi connectivity index (χ4v) is 1.27. The summed E-state index contributed by atoms with van der Waals surface area (Å²) in [6, 6.07) is 0. The van der Waals surface area contributed by atoms with Crippen LogP contribution in [0.3, 0.4) is 0 Å². The van der Waals surface area contributed by atoms with Gasteiger partial charge in [0.2, 0.25) is 0 Å². The van der Waals surface area contributed by atoms with Crippen LogP contribution in [0.25, 0.3) is 0 Å². The Labute approximate surface area is 76.7 Å². The van der Waals surface area contributed by atoms with Gasteiger partial charge in [0, 0.05) is 0 Å². The van der Waals surface area contributed by atoms with E-state index in [4.69, 9.17) is 0 Å². The topological polar surface area (TPSA) is 23.1 Å². The highest BCUT2D eigenvalue weighted by atomic mass is 16.5. The minimum atomic E-state index is -0.131. The summed E-state index contributed by atoms with van der Waals surface area (Å²) in [6.07, 6.45) is 7.58. The van der Waals surface area contributed by atoms with Gasteiger partial charge in [0.15, 0.2) is 0 Å². The van der Waals surface area contributed by atoms with Crippen LogP contribution in [0.4, 0.5) is 0 Å². The van der Waals surface area contributed by atoms with Gasteiger partial charge in [-0.3, -0.25) is 0 Å².